The summed E-state index contributed by atoms with van der Waals surface area (Å²) in [5.74, 6) is 0.0757. The molecule has 0 aliphatic rings. The summed E-state index contributed by atoms with van der Waals surface area (Å²) in [6.45, 7) is 1.85. The van der Waals surface area contributed by atoms with E-state index < -0.39 is 0 Å². The Morgan fingerprint density at radius 2 is 2.09 bits per heavy atom. The minimum atomic E-state index is -0.336. The Bertz CT molecular complexity index is 834. The molecule has 0 bridgehead atoms. The number of hydrogen-bond donors (Lipinski definition) is 1. The number of hydrogen-bond acceptors (Lipinski definition) is 2. The quantitative estimate of drug-likeness (QED) is 0.512. The average Bonchev–Trinajstić information content (AvgIpc) is 2.86. The molecule has 0 saturated carbocycles. The highest BCUT2D eigenvalue weighted by molar-refractivity contribution is 9.10. The molecule has 0 saturated heterocycles. The summed E-state index contributed by atoms with van der Waals surface area (Å²) < 4.78 is 6.30. The third-order valence-corrected chi connectivity index (χ3v) is 4.16. The van der Waals surface area contributed by atoms with Gasteiger partial charge >= 0.3 is 5.97 Å². The van der Waals surface area contributed by atoms with Crippen molar-refractivity contribution in [1.29, 1.82) is 0 Å². The van der Waals surface area contributed by atoms with Crippen LogP contribution in [-0.2, 0) is 11.2 Å². The van der Waals surface area contributed by atoms with Crippen molar-refractivity contribution in [3.8, 4) is 5.75 Å². The molecule has 112 valence electrons. The van der Waals surface area contributed by atoms with Crippen LogP contribution >= 0.6 is 27.5 Å². The number of carbonyl (C=O) groups excluding carboxylic acids is 1. The fourth-order valence-electron chi connectivity index (χ4n) is 2.40. The van der Waals surface area contributed by atoms with E-state index in [4.69, 9.17) is 16.3 Å². The van der Waals surface area contributed by atoms with Crippen LogP contribution in [0.2, 0.25) is 5.02 Å². The summed E-state index contributed by atoms with van der Waals surface area (Å²) in [7, 11) is 0. The van der Waals surface area contributed by atoms with Gasteiger partial charge in [0.15, 0.2) is 5.75 Å². The van der Waals surface area contributed by atoms with E-state index in [1.807, 2.05) is 43.5 Å². The maximum Gasteiger partial charge on any atom is 0.315 e. The summed E-state index contributed by atoms with van der Waals surface area (Å²) in [6.07, 6.45) is 2.03. The summed E-state index contributed by atoms with van der Waals surface area (Å²) in [6, 6.07) is 11.4. The molecule has 1 aromatic heterocycles. The second-order valence-corrected chi connectivity index (χ2v) is 6.37. The van der Waals surface area contributed by atoms with E-state index in [1.54, 1.807) is 6.07 Å². The minimum absolute atomic E-state index is 0.190. The number of fused-ring (bicyclic) bond motifs is 1. The summed E-state index contributed by atoms with van der Waals surface area (Å²) in [5, 5.41) is 1.44. The second kappa shape index (κ2) is 6.15. The van der Waals surface area contributed by atoms with E-state index >= 15 is 0 Å². The molecule has 0 radical (unpaired) electrons. The Labute approximate surface area is 141 Å². The van der Waals surface area contributed by atoms with Crippen LogP contribution in [0.15, 0.2) is 47.1 Å². The lowest BCUT2D eigenvalue weighted by Crippen LogP contribution is -2.12. The van der Waals surface area contributed by atoms with Crippen LogP contribution < -0.4 is 4.74 Å². The van der Waals surface area contributed by atoms with Crippen molar-refractivity contribution in [2.75, 3.05) is 0 Å². The van der Waals surface area contributed by atoms with Gasteiger partial charge in [0.05, 0.1) is 11.4 Å². The number of aromatic nitrogens is 1. The number of ether oxygens (including phenoxy) is 1. The SMILES string of the molecule is Cc1cc(Br)cc(Cl)c1OC(=O)Cc1c[nH]c2ccccc12. The monoisotopic (exact) mass is 377 g/mol. The number of benzene rings is 2. The fraction of sp³-hybridized carbons (Fsp3) is 0.118. The van der Waals surface area contributed by atoms with Crippen molar-refractivity contribution in [3.63, 3.8) is 0 Å². The van der Waals surface area contributed by atoms with Crippen molar-refractivity contribution in [3.05, 3.63) is 63.2 Å². The van der Waals surface area contributed by atoms with Gasteiger partial charge in [0.25, 0.3) is 0 Å². The molecule has 2 aromatic carbocycles. The zero-order valence-electron chi connectivity index (χ0n) is 11.8. The molecule has 0 atom stereocenters. The molecule has 0 fully saturated rings. The Morgan fingerprint density at radius 1 is 1.32 bits per heavy atom. The zero-order chi connectivity index (χ0) is 15.7. The first-order valence-corrected chi connectivity index (χ1v) is 7.93. The Morgan fingerprint density at radius 3 is 2.86 bits per heavy atom. The lowest BCUT2D eigenvalue weighted by atomic mass is 10.1. The number of nitrogens with one attached hydrogen (secondary N) is 1. The first-order chi connectivity index (χ1) is 10.5. The lowest BCUT2D eigenvalue weighted by Gasteiger charge is -2.09. The predicted octanol–water partition coefficient (Wildman–Crippen LogP) is 5.04. The summed E-state index contributed by atoms with van der Waals surface area (Å²) in [4.78, 5) is 15.4. The number of halogens is 2. The zero-order valence-corrected chi connectivity index (χ0v) is 14.2. The van der Waals surface area contributed by atoms with Crippen LogP contribution in [0.4, 0.5) is 0 Å². The molecule has 3 nitrogen and oxygen atoms in total. The van der Waals surface area contributed by atoms with Crippen LogP contribution in [0.5, 0.6) is 5.75 Å². The van der Waals surface area contributed by atoms with E-state index in [-0.39, 0.29) is 12.4 Å². The number of esters is 1. The maximum atomic E-state index is 12.2. The third kappa shape index (κ3) is 3.03. The van der Waals surface area contributed by atoms with E-state index in [0.29, 0.717) is 10.8 Å². The molecule has 22 heavy (non-hydrogen) atoms. The van der Waals surface area contributed by atoms with Crippen molar-refractivity contribution in [2.24, 2.45) is 0 Å². The highest BCUT2D eigenvalue weighted by Gasteiger charge is 2.14. The van der Waals surface area contributed by atoms with Gasteiger partial charge in [0.1, 0.15) is 0 Å². The minimum Gasteiger partial charge on any atom is -0.424 e. The average molecular weight is 379 g/mol. The Kier molecular flexibility index (Phi) is 4.23. The summed E-state index contributed by atoms with van der Waals surface area (Å²) >= 11 is 9.50. The predicted molar refractivity (Wildman–Crippen MR) is 91.5 cm³/mol. The standard InChI is InChI=1S/C17H13BrClNO2/c1-10-6-12(18)8-14(19)17(10)22-16(21)7-11-9-20-15-5-3-2-4-13(11)15/h2-6,8-9,20H,7H2,1H3. The number of aryl methyl sites for hydroxylation is 1. The van der Waals surface area contributed by atoms with Gasteiger partial charge in [-0.3, -0.25) is 4.79 Å². The molecule has 0 spiro atoms. The van der Waals surface area contributed by atoms with Crippen LogP contribution in [0.3, 0.4) is 0 Å². The van der Waals surface area contributed by atoms with E-state index in [9.17, 15) is 4.79 Å². The molecule has 5 heteroatoms. The van der Waals surface area contributed by atoms with Crippen molar-refractivity contribution < 1.29 is 9.53 Å². The van der Waals surface area contributed by atoms with Crippen LogP contribution in [-0.4, -0.2) is 11.0 Å². The Balaban J connectivity index is 1.81. The van der Waals surface area contributed by atoms with Gasteiger partial charge in [-0.2, -0.15) is 0 Å². The molecular weight excluding hydrogens is 366 g/mol. The van der Waals surface area contributed by atoms with Crippen LogP contribution in [0, 0.1) is 6.92 Å². The van der Waals surface area contributed by atoms with Gasteiger partial charge in [0, 0.05) is 21.6 Å². The smallest absolute Gasteiger partial charge is 0.315 e. The molecule has 0 unspecified atom stereocenters. The molecule has 1 N–H and O–H groups in total. The fourth-order valence-corrected chi connectivity index (χ4v) is 3.41. The van der Waals surface area contributed by atoms with Gasteiger partial charge in [-0.25, -0.2) is 0 Å². The molecule has 0 aliphatic heterocycles. The van der Waals surface area contributed by atoms with Gasteiger partial charge in [0.2, 0.25) is 0 Å². The van der Waals surface area contributed by atoms with E-state index in [0.717, 1.165) is 26.5 Å². The number of carbonyl (C=O) groups is 1. The normalized spacial score (nSPS) is 10.9. The first kappa shape index (κ1) is 15.1. The highest BCUT2D eigenvalue weighted by Crippen LogP contribution is 2.32. The van der Waals surface area contributed by atoms with Gasteiger partial charge in [-0.05, 0) is 36.2 Å². The van der Waals surface area contributed by atoms with Crippen LogP contribution in [0.1, 0.15) is 11.1 Å². The van der Waals surface area contributed by atoms with Crippen molar-refractivity contribution in [2.45, 2.75) is 13.3 Å². The number of para-hydroxylation sites is 1. The third-order valence-electron chi connectivity index (χ3n) is 3.42. The molecule has 3 rings (SSSR count). The molecule has 1 heterocycles. The van der Waals surface area contributed by atoms with E-state index in [2.05, 4.69) is 20.9 Å². The van der Waals surface area contributed by atoms with Gasteiger partial charge in [-0.15, -0.1) is 0 Å². The summed E-state index contributed by atoms with van der Waals surface area (Å²) in [5.41, 5.74) is 2.72. The first-order valence-electron chi connectivity index (χ1n) is 6.76. The van der Waals surface area contributed by atoms with Gasteiger partial charge < -0.3 is 9.72 Å². The highest BCUT2D eigenvalue weighted by atomic mass is 79.9. The number of aromatic amines is 1. The molecule has 0 amide bonds. The van der Waals surface area contributed by atoms with Crippen LogP contribution in [0.25, 0.3) is 10.9 Å². The van der Waals surface area contributed by atoms with Crippen molar-refractivity contribution >= 4 is 44.4 Å². The topological polar surface area (TPSA) is 42.1 Å². The lowest BCUT2D eigenvalue weighted by molar-refractivity contribution is -0.133. The second-order valence-electron chi connectivity index (χ2n) is 5.04. The Hall–Kier alpha value is -1.78. The molecule has 0 aliphatic carbocycles. The largest absolute Gasteiger partial charge is 0.424 e. The van der Waals surface area contributed by atoms with Gasteiger partial charge in [-0.1, -0.05) is 45.7 Å². The van der Waals surface area contributed by atoms with Crippen molar-refractivity contribution in [1.82, 2.24) is 4.98 Å². The maximum absolute atomic E-state index is 12.2. The van der Waals surface area contributed by atoms with E-state index in [1.165, 1.54) is 0 Å². The number of rotatable bonds is 3. The molecule has 3 aromatic rings. The number of H-pyrrole nitrogens is 1. The molecular formula is C17H13BrClNO2.